The molecule has 1 aliphatic carbocycles. The molecule has 0 bridgehead atoms. The Bertz CT molecular complexity index is 388. The predicted molar refractivity (Wildman–Crippen MR) is 75.9 cm³/mol. The van der Waals surface area contributed by atoms with Crippen LogP contribution in [0.1, 0.15) is 24.0 Å². The highest BCUT2D eigenvalue weighted by Crippen LogP contribution is 2.35. The number of benzene rings is 1. The van der Waals surface area contributed by atoms with Crippen LogP contribution in [0.15, 0.2) is 22.7 Å². The fourth-order valence-corrected chi connectivity index (χ4v) is 2.67. The lowest BCUT2D eigenvalue weighted by molar-refractivity contribution is 0.215. The molecule has 0 saturated heterocycles. The zero-order chi connectivity index (χ0) is 12.4. The summed E-state index contributed by atoms with van der Waals surface area (Å²) in [5, 5.41) is 0. The van der Waals surface area contributed by atoms with Crippen molar-refractivity contribution in [2.45, 2.75) is 32.4 Å². The van der Waals surface area contributed by atoms with E-state index in [0.29, 0.717) is 6.04 Å². The number of aryl methyl sites for hydroxylation is 1. The fraction of sp³-hybridized carbons (Fsp3) is 0.571. The molecular weight excluding hydrogens is 276 g/mol. The second-order valence-electron chi connectivity index (χ2n) is 5.14. The maximum Gasteiger partial charge on any atom is 0.0247 e. The minimum atomic E-state index is 0.555. The van der Waals surface area contributed by atoms with Crippen molar-refractivity contribution in [1.29, 1.82) is 0 Å². The number of rotatable bonds is 5. The van der Waals surface area contributed by atoms with Crippen molar-refractivity contribution in [3.05, 3.63) is 33.8 Å². The lowest BCUT2D eigenvalue weighted by Crippen LogP contribution is -2.39. The van der Waals surface area contributed by atoms with Gasteiger partial charge >= 0.3 is 0 Å². The van der Waals surface area contributed by atoms with Crippen LogP contribution >= 0.6 is 15.9 Å². The van der Waals surface area contributed by atoms with E-state index in [9.17, 15) is 0 Å². The summed E-state index contributed by atoms with van der Waals surface area (Å²) >= 11 is 3.54. The first-order valence-electron chi connectivity index (χ1n) is 6.27. The number of hydrogen-bond donors (Lipinski definition) is 1. The molecule has 0 spiro atoms. The molecule has 1 unspecified atom stereocenters. The molecule has 0 aliphatic heterocycles. The molecule has 0 heterocycles. The van der Waals surface area contributed by atoms with E-state index in [2.05, 4.69) is 53.0 Å². The molecule has 1 aliphatic rings. The predicted octanol–water partition coefficient (Wildman–Crippen LogP) is 2.93. The fourth-order valence-electron chi connectivity index (χ4n) is 2.42. The first-order chi connectivity index (χ1) is 8.11. The third-order valence-corrected chi connectivity index (χ3v) is 4.52. The highest BCUT2D eigenvalue weighted by Gasteiger charge is 2.32. The summed E-state index contributed by atoms with van der Waals surface area (Å²) in [6.07, 6.45) is 2.71. The second kappa shape index (κ2) is 5.51. The molecule has 94 valence electrons. The van der Waals surface area contributed by atoms with Gasteiger partial charge in [0.2, 0.25) is 0 Å². The van der Waals surface area contributed by atoms with E-state index in [1.807, 2.05) is 0 Å². The van der Waals surface area contributed by atoms with Crippen LogP contribution < -0.4 is 5.73 Å². The molecule has 0 amide bonds. The summed E-state index contributed by atoms with van der Waals surface area (Å²) in [5.41, 5.74) is 8.54. The van der Waals surface area contributed by atoms with Crippen LogP contribution in [0.3, 0.4) is 0 Å². The van der Waals surface area contributed by atoms with Gasteiger partial charge in [-0.1, -0.05) is 28.1 Å². The summed E-state index contributed by atoms with van der Waals surface area (Å²) in [4.78, 5) is 2.40. The van der Waals surface area contributed by atoms with Crippen LogP contribution in [0.4, 0.5) is 0 Å². The Morgan fingerprint density at radius 3 is 2.71 bits per heavy atom. The monoisotopic (exact) mass is 296 g/mol. The van der Waals surface area contributed by atoms with Gasteiger partial charge in [0, 0.05) is 23.6 Å². The van der Waals surface area contributed by atoms with E-state index in [0.717, 1.165) is 19.0 Å². The SMILES string of the molecule is Cc1cc(CN(C)C(CN)C2CC2)ccc1Br. The minimum Gasteiger partial charge on any atom is -0.329 e. The molecule has 0 aromatic heterocycles. The van der Waals surface area contributed by atoms with E-state index in [1.165, 1.54) is 28.4 Å². The van der Waals surface area contributed by atoms with E-state index in [4.69, 9.17) is 5.73 Å². The molecule has 1 atom stereocenters. The Morgan fingerprint density at radius 1 is 1.47 bits per heavy atom. The van der Waals surface area contributed by atoms with Gasteiger partial charge in [-0.05, 0) is 49.9 Å². The van der Waals surface area contributed by atoms with Crippen molar-refractivity contribution in [2.24, 2.45) is 11.7 Å². The molecule has 3 heteroatoms. The van der Waals surface area contributed by atoms with Gasteiger partial charge in [0.15, 0.2) is 0 Å². The van der Waals surface area contributed by atoms with Crippen LogP contribution in [0, 0.1) is 12.8 Å². The molecule has 0 radical (unpaired) electrons. The number of nitrogens with zero attached hydrogens (tertiary/aromatic N) is 1. The molecule has 1 fully saturated rings. The normalized spacial score (nSPS) is 17.5. The largest absolute Gasteiger partial charge is 0.329 e. The molecule has 1 aromatic carbocycles. The summed E-state index contributed by atoms with van der Waals surface area (Å²) in [5.74, 6) is 0.835. The number of hydrogen-bond acceptors (Lipinski definition) is 2. The Hall–Kier alpha value is -0.380. The summed E-state index contributed by atoms with van der Waals surface area (Å²) < 4.78 is 1.18. The average molecular weight is 297 g/mol. The zero-order valence-corrected chi connectivity index (χ0v) is 12.2. The smallest absolute Gasteiger partial charge is 0.0247 e. The van der Waals surface area contributed by atoms with Gasteiger partial charge in [0.1, 0.15) is 0 Å². The number of nitrogens with two attached hydrogens (primary N) is 1. The van der Waals surface area contributed by atoms with E-state index < -0.39 is 0 Å². The van der Waals surface area contributed by atoms with Gasteiger partial charge in [0.05, 0.1) is 0 Å². The summed E-state index contributed by atoms with van der Waals surface area (Å²) in [6, 6.07) is 7.13. The molecule has 1 aromatic rings. The van der Waals surface area contributed by atoms with Crippen molar-refractivity contribution in [2.75, 3.05) is 13.6 Å². The molecule has 2 nitrogen and oxygen atoms in total. The second-order valence-corrected chi connectivity index (χ2v) is 5.99. The van der Waals surface area contributed by atoms with Gasteiger partial charge in [-0.2, -0.15) is 0 Å². The van der Waals surface area contributed by atoms with Crippen molar-refractivity contribution < 1.29 is 0 Å². The standard InChI is InChI=1S/C14H21BrN2/c1-10-7-11(3-6-13(10)15)9-17(2)14(8-16)12-4-5-12/h3,6-7,12,14H,4-5,8-9,16H2,1-2H3. The Kier molecular flexibility index (Phi) is 4.23. The minimum absolute atomic E-state index is 0.555. The lowest BCUT2D eigenvalue weighted by atomic mass is 10.1. The molecule has 17 heavy (non-hydrogen) atoms. The highest BCUT2D eigenvalue weighted by molar-refractivity contribution is 9.10. The molecular formula is C14H21BrN2. The van der Waals surface area contributed by atoms with Crippen molar-refractivity contribution >= 4 is 15.9 Å². The number of likely N-dealkylation sites (N-methyl/N-ethyl adjacent to an activating group) is 1. The molecule has 2 N–H and O–H groups in total. The Balaban J connectivity index is 2.01. The maximum atomic E-state index is 5.87. The van der Waals surface area contributed by atoms with Crippen LogP contribution in [0.5, 0.6) is 0 Å². The van der Waals surface area contributed by atoms with Crippen molar-refractivity contribution in [1.82, 2.24) is 4.90 Å². The van der Waals surface area contributed by atoms with Gasteiger partial charge in [-0.15, -0.1) is 0 Å². The van der Waals surface area contributed by atoms with Gasteiger partial charge in [-0.25, -0.2) is 0 Å². The quantitative estimate of drug-likeness (QED) is 0.905. The van der Waals surface area contributed by atoms with Crippen LogP contribution in [0.25, 0.3) is 0 Å². The average Bonchev–Trinajstić information content (AvgIpc) is 3.09. The van der Waals surface area contributed by atoms with Crippen LogP contribution in [0.2, 0.25) is 0 Å². The van der Waals surface area contributed by atoms with Crippen molar-refractivity contribution in [3.8, 4) is 0 Å². The maximum absolute atomic E-state index is 5.87. The van der Waals surface area contributed by atoms with Gasteiger partial charge < -0.3 is 5.73 Å². The van der Waals surface area contributed by atoms with E-state index in [1.54, 1.807) is 0 Å². The number of halogens is 1. The Labute approximate surface area is 112 Å². The van der Waals surface area contributed by atoms with Crippen molar-refractivity contribution in [3.63, 3.8) is 0 Å². The third-order valence-electron chi connectivity index (χ3n) is 3.63. The highest BCUT2D eigenvalue weighted by atomic mass is 79.9. The topological polar surface area (TPSA) is 29.3 Å². The molecule has 1 saturated carbocycles. The summed E-state index contributed by atoms with van der Waals surface area (Å²) in [7, 11) is 2.19. The van der Waals surface area contributed by atoms with Gasteiger partial charge in [-0.3, -0.25) is 4.90 Å². The van der Waals surface area contributed by atoms with Gasteiger partial charge in [0.25, 0.3) is 0 Å². The van der Waals surface area contributed by atoms with Crippen LogP contribution in [-0.4, -0.2) is 24.5 Å². The first kappa shape index (κ1) is 13.1. The third kappa shape index (κ3) is 3.30. The zero-order valence-electron chi connectivity index (χ0n) is 10.6. The summed E-state index contributed by atoms with van der Waals surface area (Å²) in [6.45, 7) is 3.90. The Morgan fingerprint density at radius 2 is 2.18 bits per heavy atom. The first-order valence-corrected chi connectivity index (χ1v) is 7.06. The van der Waals surface area contributed by atoms with E-state index >= 15 is 0 Å². The molecule has 2 rings (SSSR count). The van der Waals surface area contributed by atoms with Crippen LogP contribution in [-0.2, 0) is 6.54 Å². The lowest BCUT2D eigenvalue weighted by Gasteiger charge is -2.27. The van der Waals surface area contributed by atoms with E-state index in [-0.39, 0.29) is 0 Å².